The average Bonchev–Trinajstić information content (AvgIpc) is 3.30. The molecule has 2 amide bonds. The maximum atomic E-state index is 13.7. The van der Waals surface area contributed by atoms with Gasteiger partial charge in [-0.25, -0.2) is 9.59 Å². The molecular weight excluding hydrogens is 560 g/mol. The number of hydrogen-bond donors (Lipinski definition) is 1. The Morgan fingerprint density at radius 1 is 1.09 bits per heavy atom. The summed E-state index contributed by atoms with van der Waals surface area (Å²) in [7, 11) is 0. The maximum absolute atomic E-state index is 13.7. The zero-order valence-electron chi connectivity index (χ0n) is 27.8. The highest BCUT2D eigenvalue weighted by molar-refractivity contribution is 5.87. The minimum Gasteiger partial charge on any atom is -0.472 e. The van der Waals surface area contributed by atoms with Crippen molar-refractivity contribution < 1.29 is 23.8 Å². The molecule has 11 nitrogen and oxygen atoms in total. The fourth-order valence-electron chi connectivity index (χ4n) is 5.13. The normalized spacial score (nSPS) is 17.1. The van der Waals surface area contributed by atoms with Crippen LogP contribution in [0.1, 0.15) is 99.1 Å². The number of benzene rings is 1. The molecule has 240 valence electrons. The van der Waals surface area contributed by atoms with Crippen LogP contribution in [0.5, 0.6) is 5.88 Å². The molecule has 0 saturated carbocycles. The molecule has 2 N–H and O–H groups in total. The molecule has 1 fully saturated rings. The fourth-order valence-corrected chi connectivity index (χ4v) is 5.13. The van der Waals surface area contributed by atoms with Crippen LogP contribution in [0.15, 0.2) is 36.5 Å². The molecule has 1 saturated heterocycles. The van der Waals surface area contributed by atoms with Gasteiger partial charge in [0.1, 0.15) is 23.1 Å². The van der Waals surface area contributed by atoms with Crippen LogP contribution >= 0.6 is 0 Å². The Balaban J connectivity index is 1.76. The molecule has 11 heteroatoms. The van der Waals surface area contributed by atoms with E-state index in [1.807, 2.05) is 73.6 Å². The zero-order valence-corrected chi connectivity index (χ0v) is 27.8. The minimum atomic E-state index is -0.732. The number of hydrogen-bond acceptors (Lipinski definition) is 8. The van der Waals surface area contributed by atoms with Crippen molar-refractivity contribution in [3.63, 3.8) is 0 Å². The van der Waals surface area contributed by atoms with Gasteiger partial charge in [-0.3, -0.25) is 9.80 Å². The van der Waals surface area contributed by atoms with Crippen LogP contribution in [-0.4, -0.2) is 61.1 Å². The van der Waals surface area contributed by atoms with Crippen molar-refractivity contribution in [1.82, 2.24) is 19.5 Å². The molecule has 0 unspecified atom stereocenters. The summed E-state index contributed by atoms with van der Waals surface area (Å²) in [6.07, 6.45) is 1.93. The second-order valence-electron chi connectivity index (χ2n) is 14.4. The van der Waals surface area contributed by atoms with E-state index in [0.29, 0.717) is 36.0 Å². The van der Waals surface area contributed by atoms with Crippen molar-refractivity contribution in [2.75, 3.05) is 17.2 Å². The molecule has 0 spiro atoms. The predicted molar refractivity (Wildman–Crippen MR) is 171 cm³/mol. The van der Waals surface area contributed by atoms with Gasteiger partial charge in [-0.05, 0) is 91.8 Å². The van der Waals surface area contributed by atoms with Crippen molar-refractivity contribution in [2.24, 2.45) is 0 Å². The molecule has 3 aromatic rings. The zero-order chi connectivity index (χ0) is 32.6. The maximum Gasteiger partial charge on any atom is 0.416 e. The molecule has 0 bridgehead atoms. The van der Waals surface area contributed by atoms with Gasteiger partial charge in [-0.15, -0.1) is 0 Å². The number of nitrogens with two attached hydrogens (primary N) is 1. The average molecular weight is 609 g/mol. The SMILES string of the molecule is CC(C)c1cnn2c(N(Cc3cccc(N)c3)C(=O)OC(C)(C)C)cc(O[C@@H]3CCC(C)(C)N(C(=O)OC(C)(C)C)C3)nc12. The number of aromatic nitrogens is 3. The molecule has 3 heterocycles. The number of likely N-dealkylation sites (tertiary alicyclic amines) is 1. The number of nitrogen functional groups attached to an aromatic ring is 1. The molecule has 1 atom stereocenters. The summed E-state index contributed by atoms with van der Waals surface area (Å²) in [6, 6.07) is 9.08. The van der Waals surface area contributed by atoms with Crippen molar-refractivity contribution in [3.05, 3.63) is 47.7 Å². The van der Waals surface area contributed by atoms with E-state index in [9.17, 15) is 9.59 Å². The van der Waals surface area contributed by atoms with E-state index in [-0.39, 0.29) is 24.7 Å². The van der Waals surface area contributed by atoms with Gasteiger partial charge in [0.2, 0.25) is 5.88 Å². The number of fused-ring (bicyclic) bond motifs is 1. The lowest BCUT2D eigenvalue weighted by atomic mass is 9.89. The first-order valence-electron chi connectivity index (χ1n) is 15.2. The second kappa shape index (κ2) is 12.2. The summed E-state index contributed by atoms with van der Waals surface area (Å²) < 4.78 is 19.7. The molecule has 1 aromatic carbocycles. The van der Waals surface area contributed by atoms with Crippen LogP contribution in [0, 0.1) is 0 Å². The van der Waals surface area contributed by atoms with Gasteiger partial charge in [0.15, 0.2) is 5.65 Å². The van der Waals surface area contributed by atoms with Crippen LogP contribution in [0.2, 0.25) is 0 Å². The van der Waals surface area contributed by atoms with E-state index in [2.05, 4.69) is 18.9 Å². The number of ether oxygens (including phenoxy) is 3. The number of piperidine rings is 1. The molecule has 44 heavy (non-hydrogen) atoms. The second-order valence-corrected chi connectivity index (χ2v) is 14.4. The molecule has 4 rings (SSSR count). The lowest BCUT2D eigenvalue weighted by Gasteiger charge is -2.45. The van der Waals surface area contributed by atoms with Crippen LogP contribution in [0.3, 0.4) is 0 Å². The van der Waals surface area contributed by atoms with Crippen molar-refractivity contribution in [3.8, 4) is 5.88 Å². The summed E-state index contributed by atoms with van der Waals surface area (Å²) in [5, 5.41) is 4.63. The Kier molecular flexibility index (Phi) is 9.09. The first-order chi connectivity index (χ1) is 20.3. The lowest BCUT2D eigenvalue weighted by molar-refractivity contribution is -0.0295. The third-order valence-corrected chi connectivity index (χ3v) is 7.36. The Hall–Kier alpha value is -4.02. The van der Waals surface area contributed by atoms with Gasteiger partial charge in [0.25, 0.3) is 0 Å². The fraction of sp³-hybridized carbons (Fsp3) is 0.576. The Morgan fingerprint density at radius 2 is 1.77 bits per heavy atom. The minimum absolute atomic E-state index is 0.116. The third-order valence-electron chi connectivity index (χ3n) is 7.36. The van der Waals surface area contributed by atoms with Crippen LogP contribution in [0.4, 0.5) is 21.1 Å². The summed E-state index contributed by atoms with van der Waals surface area (Å²) in [5.41, 5.74) is 7.22. The number of anilines is 2. The number of carbonyl (C=O) groups is 2. The lowest BCUT2D eigenvalue weighted by Crippen LogP contribution is -2.56. The van der Waals surface area contributed by atoms with E-state index < -0.39 is 22.8 Å². The molecule has 1 aliphatic rings. The third kappa shape index (κ3) is 7.92. The molecule has 0 radical (unpaired) electrons. The van der Waals surface area contributed by atoms with Gasteiger partial charge in [-0.1, -0.05) is 26.0 Å². The number of rotatable bonds is 6. The van der Waals surface area contributed by atoms with Crippen molar-refractivity contribution >= 4 is 29.3 Å². The van der Waals surface area contributed by atoms with E-state index in [4.69, 9.17) is 24.9 Å². The highest BCUT2D eigenvalue weighted by Crippen LogP contribution is 2.33. The van der Waals surface area contributed by atoms with Crippen molar-refractivity contribution in [1.29, 1.82) is 0 Å². The van der Waals surface area contributed by atoms with E-state index in [1.54, 1.807) is 27.7 Å². The first-order valence-corrected chi connectivity index (χ1v) is 15.2. The van der Waals surface area contributed by atoms with Crippen LogP contribution < -0.4 is 15.4 Å². The Labute approximate surface area is 260 Å². The molecule has 0 aliphatic carbocycles. The van der Waals surface area contributed by atoms with E-state index in [0.717, 1.165) is 17.5 Å². The number of nitrogens with zero attached hydrogens (tertiary/aromatic N) is 5. The summed E-state index contributed by atoms with van der Waals surface area (Å²) >= 11 is 0. The van der Waals surface area contributed by atoms with Gasteiger partial charge >= 0.3 is 12.2 Å². The van der Waals surface area contributed by atoms with Crippen LogP contribution in [0.25, 0.3) is 5.65 Å². The number of amides is 2. The molecular formula is C33H48N6O5. The highest BCUT2D eigenvalue weighted by Gasteiger charge is 2.40. The van der Waals surface area contributed by atoms with Gasteiger partial charge in [0, 0.05) is 22.9 Å². The smallest absolute Gasteiger partial charge is 0.416 e. The quantitative estimate of drug-likeness (QED) is 0.299. The van der Waals surface area contributed by atoms with Crippen LogP contribution in [-0.2, 0) is 16.0 Å². The number of carbonyl (C=O) groups excluding carboxylic acids is 2. The first kappa shape index (κ1) is 32.9. The Bertz CT molecular complexity index is 1500. The topological polar surface area (TPSA) is 125 Å². The Morgan fingerprint density at radius 3 is 2.39 bits per heavy atom. The summed E-state index contributed by atoms with van der Waals surface area (Å²) in [4.78, 5) is 35.0. The monoisotopic (exact) mass is 608 g/mol. The van der Waals surface area contributed by atoms with Gasteiger partial charge < -0.3 is 19.9 Å². The largest absolute Gasteiger partial charge is 0.472 e. The van der Waals surface area contributed by atoms with Gasteiger partial charge in [-0.2, -0.15) is 14.6 Å². The highest BCUT2D eigenvalue weighted by atomic mass is 16.6. The van der Waals surface area contributed by atoms with E-state index >= 15 is 0 Å². The van der Waals surface area contributed by atoms with E-state index in [1.165, 1.54) is 4.90 Å². The predicted octanol–water partition coefficient (Wildman–Crippen LogP) is 6.93. The summed E-state index contributed by atoms with van der Waals surface area (Å²) in [6.45, 7) is 19.7. The van der Waals surface area contributed by atoms with Crippen molar-refractivity contribution in [2.45, 2.75) is 117 Å². The molecule has 1 aliphatic heterocycles. The summed E-state index contributed by atoms with van der Waals surface area (Å²) in [5.74, 6) is 0.878. The van der Waals surface area contributed by atoms with Gasteiger partial charge in [0.05, 0.1) is 19.3 Å². The standard InChI is InChI=1S/C33H48N6O5/c1-21(2)25-18-35-39-27(37(29(40)43-31(3,4)5)19-22-12-11-13-23(34)16-22)17-26(36-28(25)39)42-24-14-15-33(9,10)38(20-24)30(41)44-32(6,7)8/h11-13,16-18,21,24H,14-15,19-20,34H2,1-10H3/t24-/m1/s1. The molecule has 2 aromatic heterocycles.